The Morgan fingerprint density at radius 1 is 1.21 bits per heavy atom. The van der Waals surface area contributed by atoms with E-state index in [9.17, 15) is 4.79 Å². The van der Waals surface area contributed by atoms with Crippen molar-refractivity contribution in [1.82, 2.24) is 9.55 Å². The fourth-order valence-electron chi connectivity index (χ4n) is 3.84. The zero-order valence-electron chi connectivity index (χ0n) is 15.7. The van der Waals surface area contributed by atoms with E-state index in [1.165, 1.54) is 4.90 Å². The van der Waals surface area contributed by atoms with Crippen molar-refractivity contribution in [2.75, 3.05) is 11.9 Å². The molecule has 0 aliphatic carbocycles. The molecule has 2 aromatic carbocycles. The van der Waals surface area contributed by atoms with Crippen LogP contribution in [0.25, 0.3) is 11.0 Å². The van der Waals surface area contributed by atoms with Gasteiger partial charge in [0.25, 0.3) is 5.91 Å². The number of furan rings is 1. The van der Waals surface area contributed by atoms with Gasteiger partial charge in [-0.05, 0) is 54.6 Å². The Balaban J connectivity index is 1.35. The van der Waals surface area contributed by atoms with Crippen LogP contribution >= 0.6 is 11.6 Å². The number of anilines is 1. The van der Waals surface area contributed by atoms with Crippen molar-refractivity contribution < 1.29 is 14.1 Å². The van der Waals surface area contributed by atoms with Crippen molar-refractivity contribution in [3.05, 3.63) is 83.0 Å². The lowest BCUT2D eigenvalue weighted by molar-refractivity contribution is -0.932. The van der Waals surface area contributed by atoms with Gasteiger partial charge in [0.2, 0.25) is 0 Å². The first-order valence-corrected chi connectivity index (χ1v) is 9.95. The molecule has 0 radical (unpaired) electrons. The first kappa shape index (κ1) is 18.0. The van der Waals surface area contributed by atoms with Crippen molar-refractivity contribution in [2.24, 2.45) is 0 Å². The summed E-state index contributed by atoms with van der Waals surface area (Å²) in [6.07, 6.45) is 1.72. The van der Waals surface area contributed by atoms with Gasteiger partial charge in [0.05, 0.1) is 30.4 Å². The number of carbonyl (C=O) groups is 1. The predicted molar refractivity (Wildman–Crippen MR) is 111 cm³/mol. The number of nitrogens with zero attached hydrogens (tertiary/aromatic N) is 2. The molecule has 0 bridgehead atoms. The normalized spacial score (nSPS) is 16.0. The highest BCUT2D eigenvalue weighted by Gasteiger charge is 2.24. The Bertz CT molecular complexity index is 1170. The van der Waals surface area contributed by atoms with E-state index in [0.29, 0.717) is 10.6 Å². The number of aromatic nitrogens is 2. The summed E-state index contributed by atoms with van der Waals surface area (Å²) in [5.41, 5.74) is 3.29. The van der Waals surface area contributed by atoms with E-state index >= 15 is 0 Å². The number of halogens is 1. The van der Waals surface area contributed by atoms with Crippen LogP contribution in [0.5, 0.6) is 0 Å². The van der Waals surface area contributed by atoms with E-state index in [4.69, 9.17) is 21.0 Å². The summed E-state index contributed by atoms with van der Waals surface area (Å²) in [7, 11) is 0. The number of hydrogen-bond donors (Lipinski definition) is 2. The van der Waals surface area contributed by atoms with Crippen molar-refractivity contribution in [3.63, 3.8) is 0 Å². The predicted octanol–water partition coefficient (Wildman–Crippen LogP) is 3.13. The molecule has 0 spiro atoms. The fraction of sp³-hybridized carbons (Fsp3) is 0.182. The van der Waals surface area contributed by atoms with Gasteiger partial charge >= 0.3 is 0 Å². The van der Waals surface area contributed by atoms with E-state index in [0.717, 1.165) is 54.5 Å². The van der Waals surface area contributed by atoms with Gasteiger partial charge in [-0.1, -0.05) is 11.6 Å². The lowest BCUT2D eigenvalue weighted by Crippen LogP contribution is -3.10. The van der Waals surface area contributed by atoms with Crippen LogP contribution < -0.4 is 10.2 Å². The number of fused-ring (bicyclic) bond motifs is 3. The van der Waals surface area contributed by atoms with Gasteiger partial charge in [0.15, 0.2) is 11.6 Å². The first-order valence-electron chi connectivity index (χ1n) is 9.58. The highest BCUT2D eigenvalue weighted by atomic mass is 35.5. The van der Waals surface area contributed by atoms with Gasteiger partial charge in [-0.2, -0.15) is 0 Å². The summed E-state index contributed by atoms with van der Waals surface area (Å²) in [6.45, 7) is 3.65. The van der Waals surface area contributed by atoms with Crippen molar-refractivity contribution in [3.8, 4) is 0 Å². The van der Waals surface area contributed by atoms with Gasteiger partial charge in [-0.15, -0.1) is 0 Å². The lowest BCUT2D eigenvalue weighted by atomic mass is 10.2. The summed E-state index contributed by atoms with van der Waals surface area (Å²) in [6, 6.07) is 16.7. The highest BCUT2D eigenvalue weighted by molar-refractivity contribution is 6.30. The summed E-state index contributed by atoms with van der Waals surface area (Å²) >= 11 is 5.89. The maximum absolute atomic E-state index is 12.5. The van der Waals surface area contributed by atoms with Crippen LogP contribution in [0, 0.1) is 0 Å². The average molecular weight is 408 g/mol. The zero-order chi connectivity index (χ0) is 19.8. The smallest absolute Gasteiger partial charge is 0.255 e. The molecule has 2 aromatic heterocycles. The number of amides is 1. The molecule has 1 atom stereocenters. The van der Waals surface area contributed by atoms with Crippen LogP contribution in [-0.2, 0) is 19.6 Å². The minimum Gasteiger partial charge on any atom is -0.463 e. The number of imidazole rings is 1. The molecule has 29 heavy (non-hydrogen) atoms. The Morgan fingerprint density at radius 3 is 2.86 bits per heavy atom. The van der Waals surface area contributed by atoms with Crippen LogP contribution in [0.4, 0.5) is 5.69 Å². The van der Waals surface area contributed by atoms with E-state index in [-0.39, 0.29) is 5.91 Å². The Labute approximate surface area is 172 Å². The molecule has 0 fully saturated rings. The molecule has 6 nitrogen and oxygen atoms in total. The number of quaternary nitrogens is 1. The molecule has 5 rings (SSSR count). The summed E-state index contributed by atoms with van der Waals surface area (Å²) in [4.78, 5) is 18.7. The third kappa shape index (κ3) is 3.64. The molecule has 7 heteroatoms. The molecule has 1 amide bonds. The molecule has 146 valence electrons. The molecule has 1 aliphatic rings. The third-order valence-electron chi connectivity index (χ3n) is 5.29. The zero-order valence-corrected chi connectivity index (χ0v) is 16.4. The summed E-state index contributed by atoms with van der Waals surface area (Å²) in [5, 5.41) is 3.55. The molecule has 1 unspecified atom stereocenters. The standard InChI is InChI=1S/C22H19ClN4O2/c23-16-5-3-15(4-6-16)22(28)24-17-7-8-20-19(12-17)25-21-14-26(9-10-27(20)21)13-18-2-1-11-29-18/h1-8,11-12H,9-10,13-14H2,(H,24,28)/p+1. The molecular formula is C22H20ClN4O2+. The summed E-state index contributed by atoms with van der Waals surface area (Å²) < 4.78 is 7.75. The maximum Gasteiger partial charge on any atom is 0.255 e. The molecule has 3 heterocycles. The second-order valence-electron chi connectivity index (χ2n) is 7.28. The SMILES string of the molecule is O=C(Nc1ccc2c(c1)nc1n2CC[NH+](Cc2ccco2)C1)c1ccc(Cl)cc1. The number of nitrogens with one attached hydrogen (secondary N) is 2. The van der Waals surface area contributed by atoms with Gasteiger partial charge in [0, 0.05) is 16.3 Å². The van der Waals surface area contributed by atoms with Crippen LogP contribution in [0.2, 0.25) is 5.02 Å². The van der Waals surface area contributed by atoms with Crippen molar-refractivity contribution >= 4 is 34.2 Å². The molecule has 4 aromatic rings. The monoisotopic (exact) mass is 407 g/mol. The van der Waals surface area contributed by atoms with E-state index in [2.05, 4.69) is 9.88 Å². The van der Waals surface area contributed by atoms with Crippen molar-refractivity contribution in [1.29, 1.82) is 0 Å². The van der Waals surface area contributed by atoms with Crippen LogP contribution in [0.15, 0.2) is 65.3 Å². The molecule has 0 saturated heterocycles. The minimum absolute atomic E-state index is 0.168. The fourth-order valence-corrected chi connectivity index (χ4v) is 3.96. The average Bonchev–Trinajstić information content (AvgIpc) is 3.35. The second-order valence-corrected chi connectivity index (χ2v) is 7.71. The van der Waals surface area contributed by atoms with Crippen molar-refractivity contribution in [2.45, 2.75) is 19.6 Å². The van der Waals surface area contributed by atoms with E-state index < -0.39 is 0 Å². The molecule has 2 N–H and O–H groups in total. The summed E-state index contributed by atoms with van der Waals surface area (Å²) in [5.74, 6) is 1.89. The van der Waals surface area contributed by atoms with E-state index in [1.54, 1.807) is 30.5 Å². The van der Waals surface area contributed by atoms with Crippen LogP contribution in [0.1, 0.15) is 21.9 Å². The largest absolute Gasteiger partial charge is 0.463 e. The third-order valence-corrected chi connectivity index (χ3v) is 5.54. The maximum atomic E-state index is 12.5. The molecule has 1 aliphatic heterocycles. The van der Waals surface area contributed by atoms with Crippen LogP contribution in [-0.4, -0.2) is 22.0 Å². The molecular weight excluding hydrogens is 388 g/mol. The topological polar surface area (TPSA) is 64.5 Å². The Kier molecular flexibility index (Phi) is 4.58. The first-order chi connectivity index (χ1) is 14.2. The van der Waals surface area contributed by atoms with E-state index in [1.807, 2.05) is 30.3 Å². The lowest BCUT2D eigenvalue weighted by Gasteiger charge is -2.24. The number of benzene rings is 2. The number of carbonyl (C=O) groups excluding carboxylic acids is 1. The van der Waals surface area contributed by atoms with Gasteiger partial charge < -0.3 is 19.2 Å². The second kappa shape index (κ2) is 7.39. The number of hydrogen-bond acceptors (Lipinski definition) is 3. The minimum atomic E-state index is -0.168. The Morgan fingerprint density at radius 2 is 2.07 bits per heavy atom. The molecule has 0 saturated carbocycles. The highest BCUT2D eigenvalue weighted by Crippen LogP contribution is 2.22. The van der Waals surface area contributed by atoms with Gasteiger partial charge in [-0.25, -0.2) is 4.98 Å². The Hall–Kier alpha value is -3.09. The van der Waals surface area contributed by atoms with Crippen LogP contribution in [0.3, 0.4) is 0 Å². The quantitative estimate of drug-likeness (QED) is 0.546. The number of rotatable bonds is 4. The van der Waals surface area contributed by atoms with Gasteiger partial charge in [0.1, 0.15) is 13.1 Å². The van der Waals surface area contributed by atoms with Gasteiger partial charge in [-0.3, -0.25) is 4.79 Å².